The smallest absolute Gasteiger partial charge is 0.328 e. The van der Waals surface area contributed by atoms with E-state index in [-0.39, 0.29) is 0 Å². The first-order chi connectivity index (χ1) is 7.56. The fourth-order valence-electron chi connectivity index (χ4n) is 1.82. The zero-order chi connectivity index (χ0) is 12.2. The topological polar surface area (TPSA) is 49.3 Å². The van der Waals surface area contributed by atoms with Gasteiger partial charge in [-0.05, 0) is 30.7 Å². The van der Waals surface area contributed by atoms with E-state index in [1.807, 2.05) is 13.8 Å². The molecule has 0 spiro atoms. The summed E-state index contributed by atoms with van der Waals surface area (Å²) >= 11 is 5.79. The van der Waals surface area contributed by atoms with Gasteiger partial charge in [-0.1, -0.05) is 37.6 Å². The van der Waals surface area contributed by atoms with E-state index in [0.29, 0.717) is 18.0 Å². The van der Waals surface area contributed by atoms with Crippen molar-refractivity contribution in [1.29, 1.82) is 0 Å². The zero-order valence-electron chi connectivity index (χ0n) is 9.46. The van der Waals surface area contributed by atoms with E-state index in [2.05, 4.69) is 5.32 Å². The molecule has 1 aromatic rings. The molecular formula is C12H16ClNO2. The molecule has 1 aromatic carbocycles. The molecule has 1 rings (SSSR count). The summed E-state index contributed by atoms with van der Waals surface area (Å²) in [5.74, 6) is -0.862. The predicted molar refractivity (Wildman–Crippen MR) is 64.7 cm³/mol. The lowest BCUT2D eigenvalue weighted by atomic mass is 9.87. The van der Waals surface area contributed by atoms with Crippen molar-refractivity contribution in [3.8, 4) is 0 Å². The third-order valence-electron chi connectivity index (χ3n) is 2.71. The first-order valence-electron chi connectivity index (χ1n) is 5.31. The van der Waals surface area contributed by atoms with E-state index >= 15 is 0 Å². The Kier molecular flexibility index (Phi) is 4.33. The summed E-state index contributed by atoms with van der Waals surface area (Å²) in [5, 5.41) is 13.0. The maximum absolute atomic E-state index is 11.4. The van der Waals surface area contributed by atoms with Crippen molar-refractivity contribution in [2.45, 2.75) is 25.8 Å². The third-order valence-corrected chi connectivity index (χ3v) is 2.96. The number of benzene rings is 1. The number of hydrogen-bond acceptors (Lipinski definition) is 2. The summed E-state index contributed by atoms with van der Waals surface area (Å²) in [5.41, 5.74) is -0.284. The molecule has 2 N–H and O–H groups in total. The lowest BCUT2D eigenvalue weighted by Crippen LogP contribution is -2.48. The van der Waals surface area contributed by atoms with Crippen LogP contribution >= 0.6 is 11.6 Å². The number of halogens is 1. The summed E-state index contributed by atoms with van der Waals surface area (Å²) in [6, 6.07) is 6.92. The number of likely N-dealkylation sites (N-methyl/N-ethyl adjacent to an activating group) is 1. The Labute approximate surface area is 100 Å². The van der Waals surface area contributed by atoms with Crippen LogP contribution in [-0.4, -0.2) is 17.6 Å². The van der Waals surface area contributed by atoms with Gasteiger partial charge < -0.3 is 5.11 Å². The fourth-order valence-corrected chi connectivity index (χ4v) is 1.94. The number of rotatable bonds is 5. The quantitative estimate of drug-likeness (QED) is 0.833. The van der Waals surface area contributed by atoms with Gasteiger partial charge in [-0.15, -0.1) is 0 Å². The summed E-state index contributed by atoms with van der Waals surface area (Å²) in [6.07, 6.45) is 0.484. The summed E-state index contributed by atoms with van der Waals surface area (Å²) in [6.45, 7) is 4.34. The van der Waals surface area contributed by atoms with Crippen molar-refractivity contribution in [1.82, 2.24) is 5.32 Å². The van der Waals surface area contributed by atoms with Gasteiger partial charge in [-0.3, -0.25) is 5.32 Å². The van der Waals surface area contributed by atoms with Gasteiger partial charge in [0.25, 0.3) is 0 Å². The second-order valence-corrected chi connectivity index (χ2v) is 4.04. The van der Waals surface area contributed by atoms with Crippen molar-refractivity contribution in [2.24, 2.45) is 0 Å². The van der Waals surface area contributed by atoms with Gasteiger partial charge in [0.05, 0.1) is 0 Å². The highest BCUT2D eigenvalue weighted by molar-refractivity contribution is 6.30. The molecule has 3 nitrogen and oxygen atoms in total. The molecule has 0 saturated carbocycles. The van der Waals surface area contributed by atoms with Crippen LogP contribution in [0, 0.1) is 0 Å². The molecule has 0 saturated heterocycles. The molecular weight excluding hydrogens is 226 g/mol. The van der Waals surface area contributed by atoms with Crippen molar-refractivity contribution >= 4 is 17.6 Å². The van der Waals surface area contributed by atoms with Crippen LogP contribution in [0.1, 0.15) is 25.8 Å². The highest BCUT2D eigenvalue weighted by Gasteiger charge is 2.37. The lowest BCUT2D eigenvalue weighted by Gasteiger charge is -2.29. The second-order valence-electron chi connectivity index (χ2n) is 3.60. The molecule has 0 fully saturated rings. The number of carbonyl (C=O) groups is 1. The van der Waals surface area contributed by atoms with Crippen LogP contribution in [0.2, 0.25) is 5.02 Å². The Bertz CT molecular complexity index is 364. The second kappa shape index (κ2) is 5.32. The molecule has 0 aliphatic carbocycles. The van der Waals surface area contributed by atoms with Gasteiger partial charge in [0.2, 0.25) is 0 Å². The van der Waals surface area contributed by atoms with E-state index in [4.69, 9.17) is 11.6 Å². The number of aliphatic carboxylic acids is 1. The van der Waals surface area contributed by atoms with Crippen LogP contribution in [0.25, 0.3) is 0 Å². The van der Waals surface area contributed by atoms with Crippen LogP contribution in [-0.2, 0) is 10.3 Å². The monoisotopic (exact) mass is 241 g/mol. The molecule has 4 heteroatoms. The number of nitrogens with one attached hydrogen (secondary N) is 1. The van der Waals surface area contributed by atoms with Gasteiger partial charge in [0, 0.05) is 5.02 Å². The van der Waals surface area contributed by atoms with Crippen LogP contribution in [0.15, 0.2) is 24.3 Å². The summed E-state index contributed by atoms with van der Waals surface area (Å²) < 4.78 is 0. The van der Waals surface area contributed by atoms with Gasteiger partial charge in [0.1, 0.15) is 5.54 Å². The molecule has 0 aliphatic rings. The van der Waals surface area contributed by atoms with Gasteiger partial charge in [-0.25, -0.2) is 4.79 Å². The van der Waals surface area contributed by atoms with E-state index in [1.165, 1.54) is 0 Å². The highest BCUT2D eigenvalue weighted by atomic mass is 35.5. The molecule has 0 bridgehead atoms. The first-order valence-corrected chi connectivity index (χ1v) is 5.69. The normalized spacial score (nSPS) is 14.4. The van der Waals surface area contributed by atoms with Crippen molar-refractivity contribution in [3.63, 3.8) is 0 Å². The van der Waals surface area contributed by atoms with Crippen molar-refractivity contribution in [2.75, 3.05) is 6.54 Å². The molecule has 16 heavy (non-hydrogen) atoms. The zero-order valence-corrected chi connectivity index (χ0v) is 10.2. The Balaban J connectivity index is 3.18. The first kappa shape index (κ1) is 13.0. The molecule has 1 atom stereocenters. The largest absolute Gasteiger partial charge is 0.480 e. The predicted octanol–water partition coefficient (Wildman–Crippen LogP) is 2.64. The number of hydrogen-bond donors (Lipinski definition) is 2. The van der Waals surface area contributed by atoms with Crippen LogP contribution in [0.3, 0.4) is 0 Å². The molecule has 0 aliphatic heterocycles. The standard InChI is InChI=1S/C12H16ClNO2/c1-3-12(11(15)16,14-4-2)9-5-7-10(13)8-6-9/h5-8,14H,3-4H2,1-2H3,(H,15,16). The van der Waals surface area contributed by atoms with Crippen molar-refractivity contribution < 1.29 is 9.90 Å². The highest BCUT2D eigenvalue weighted by Crippen LogP contribution is 2.26. The lowest BCUT2D eigenvalue weighted by molar-refractivity contribution is -0.145. The minimum atomic E-state index is -1.01. The van der Waals surface area contributed by atoms with E-state index in [0.717, 1.165) is 5.56 Å². The van der Waals surface area contributed by atoms with E-state index in [1.54, 1.807) is 24.3 Å². The molecule has 88 valence electrons. The van der Waals surface area contributed by atoms with Gasteiger partial charge >= 0.3 is 5.97 Å². The molecule has 0 radical (unpaired) electrons. The Hall–Kier alpha value is -1.06. The maximum Gasteiger partial charge on any atom is 0.328 e. The number of carboxylic acids is 1. The third kappa shape index (κ3) is 2.36. The van der Waals surface area contributed by atoms with E-state index in [9.17, 15) is 9.90 Å². The van der Waals surface area contributed by atoms with Crippen LogP contribution < -0.4 is 5.32 Å². The Morgan fingerprint density at radius 2 is 1.94 bits per heavy atom. The SMILES string of the molecule is CCNC(CC)(C(=O)O)c1ccc(Cl)cc1. The minimum Gasteiger partial charge on any atom is -0.480 e. The summed E-state index contributed by atoms with van der Waals surface area (Å²) in [7, 11) is 0. The van der Waals surface area contributed by atoms with Crippen molar-refractivity contribution in [3.05, 3.63) is 34.9 Å². The van der Waals surface area contributed by atoms with Gasteiger partial charge in [0.15, 0.2) is 0 Å². The van der Waals surface area contributed by atoms with Crippen LogP contribution in [0.5, 0.6) is 0 Å². The molecule has 0 amide bonds. The maximum atomic E-state index is 11.4. The fraction of sp³-hybridized carbons (Fsp3) is 0.417. The van der Waals surface area contributed by atoms with E-state index < -0.39 is 11.5 Å². The molecule has 0 aromatic heterocycles. The Morgan fingerprint density at radius 3 is 2.31 bits per heavy atom. The van der Waals surface area contributed by atoms with Crippen LogP contribution in [0.4, 0.5) is 0 Å². The molecule has 0 heterocycles. The minimum absolute atomic E-state index is 0.484. The summed E-state index contributed by atoms with van der Waals surface area (Å²) in [4.78, 5) is 11.4. The molecule has 1 unspecified atom stereocenters. The van der Waals surface area contributed by atoms with Gasteiger partial charge in [-0.2, -0.15) is 0 Å². The number of carboxylic acid groups (broad SMARTS) is 1. The average molecular weight is 242 g/mol. The Morgan fingerprint density at radius 1 is 1.38 bits per heavy atom. The average Bonchev–Trinajstić information content (AvgIpc) is 2.27.